The van der Waals surface area contributed by atoms with Crippen LogP contribution in [0.15, 0.2) is 18.2 Å². The zero-order valence-corrected chi connectivity index (χ0v) is 11.9. The maximum Gasteiger partial charge on any atom is 0.0992 e. The van der Waals surface area contributed by atoms with Gasteiger partial charge in [-0.1, -0.05) is 11.6 Å². The second kappa shape index (κ2) is 5.33. The predicted molar refractivity (Wildman–Crippen MR) is 76.2 cm³/mol. The highest BCUT2D eigenvalue weighted by molar-refractivity contribution is 6.33. The molecule has 2 aromatic rings. The Hall–Kier alpha value is -1.99. The molecule has 5 heteroatoms. The predicted octanol–water partition coefficient (Wildman–Crippen LogP) is 3.17. The Balaban J connectivity index is 2.17. The smallest absolute Gasteiger partial charge is 0.0992 e. The van der Waals surface area contributed by atoms with Crippen LogP contribution in [-0.2, 0) is 13.6 Å². The van der Waals surface area contributed by atoms with E-state index in [4.69, 9.17) is 16.9 Å². The van der Waals surface area contributed by atoms with Crippen LogP contribution >= 0.6 is 11.6 Å². The lowest BCUT2D eigenvalue weighted by Crippen LogP contribution is -2.03. The van der Waals surface area contributed by atoms with Gasteiger partial charge in [0.05, 0.1) is 28.0 Å². The van der Waals surface area contributed by atoms with E-state index in [0.717, 1.165) is 17.1 Å². The minimum absolute atomic E-state index is 0.554. The van der Waals surface area contributed by atoms with E-state index in [1.54, 1.807) is 12.1 Å². The fraction of sp³-hybridized carbons (Fsp3) is 0.286. The third-order valence-electron chi connectivity index (χ3n) is 3.21. The van der Waals surface area contributed by atoms with E-state index >= 15 is 0 Å². The SMILES string of the molecule is Cc1nn(C)c(C)c1CNc1ccc(C#N)cc1Cl. The highest BCUT2D eigenvalue weighted by Crippen LogP contribution is 2.24. The van der Waals surface area contributed by atoms with Gasteiger partial charge in [-0.25, -0.2) is 0 Å². The molecule has 19 heavy (non-hydrogen) atoms. The van der Waals surface area contributed by atoms with Gasteiger partial charge in [0, 0.05) is 24.8 Å². The summed E-state index contributed by atoms with van der Waals surface area (Å²) in [4.78, 5) is 0. The molecule has 0 unspecified atom stereocenters. The van der Waals surface area contributed by atoms with Crippen LogP contribution in [0.4, 0.5) is 5.69 Å². The van der Waals surface area contributed by atoms with Crippen molar-refractivity contribution in [2.75, 3.05) is 5.32 Å². The fourth-order valence-electron chi connectivity index (χ4n) is 1.98. The number of halogens is 1. The molecule has 0 spiro atoms. The van der Waals surface area contributed by atoms with Gasteiger partial charge in [0.25, 0.3) is 0 Å². The van der Waals surface area contributed by atoms with E-state index in [1.165, 1.54) is 5.56 Å². The minimum Gasteiger partial charge on any atom is -0.380 e. The first-order valence-electron chi connectivity index (χ1n) is 5.95. The molecule has 2 rings (SSSR count). The van der Waals surface area contributed by atoms with Gasteiger partial charge in [-0.05, 0) is 32.0 Å². The van der Waals surface area contributed by atoms with Crippen LogP contribution in [0.25, 0.3) is 0 Å². The molecular formula is C14H15ClN4. The molecule has 0 aliphatic carbocycles. The monoisotopic (exact) mass is 274 g/mol. The molecule has 98 valence electrons. The second-order valence-corrected chi connectivity index (χ2v) is 4.84. The van der Waals surface area contributed by atoms with Crippen LogP contribution in [0, 0.1) is 25.2 Å². The molecule has 0 aliphatic heterocycles. The Morgan fingerprint density at radius 3 is 2.68 bits per heavy atom. The fourth-order valence-corrected chi connectivity index (χ4v) is 2.23. The lowest BCUT2D eigenvalue weighted by molar-refractivity contribution is 0.730. The van der Waals surface area contributed by atoms with Gasteiger partial charge in [0.1, 0.15) is 0 Å². The zero-order chi connectivity index (χ0) is 14.0. The number of aryl methyl sites for hydroxylation is 2. The van der Waals surface area contributed by atoms with Crippen molar-refractivity contribution in [2.45, 2.75) is 20.4 Å². The van der Waals surface area contributed by atoms with Gasteiger partial charge >= 0.3 is 0 Å². The molecule has 0 fully saturated rings. The molecule has 4 nitrogen and oxygen atoms in total. The van der Waals surface area contributed by atoms with Crippen molar-refractivity contribution in [1.82, 2.24) is 9.78 Å². The van der Waals surface area contributed by atoms with Crippen LogP contribution in [0.3, 0.4) is 0 Å². The third-order valence-corrected chi connectivity index (χ3v) is 3.53. The summed E-state index contributed by atoms with van der Waals surface area (Å²) < 4.78 is 1.87. The molecule has 1 heterocycles. The highest BCUT2D eigenvalue weighted by atomic mass is 35.5. The van der Waals surface area contributed by atoms with E-state index in [-0.39, 0.29) is 0 Å². The molecule has 0 amide bonds. The molecule has 1 N–H and O–H groups in total. The molecular weight excluding hydrogens is 260 g/mol. The number of nitrogens with zero attached hydrogens (tertiary/aromatic N) is 3. The van der Waals surface area contributed by atoms with E-state index in [1.807, 2.05) is 31.6 Å². The van der Waals surface area contributed by atoms with E-state index < -0.39 is 0 Å². The Morgan fingerprint density at radius 2 is 2.16 bits per heavy atom. The van der Waals surface area contributed by atoms with Crippen molar-refractivity contribution in [2.24, 2.45) is 7.05 Å². The van der Waals surface area contributed by atoms with Crippen LogP contribution in [0.2, 0.25) is 5.02 Å². The summed E-state index contributed by atoms with van der Waals surface area (Å²) in [7, 11) is 1.93. The number of hydrogen-bond donors (Lipinski definition) is 1. The van der Waals surface area contributed by atoms with Crippen molar-refractivity contribution in [3.05, 3.63) is 45.7 Å². The zero-order valence-electron chi connectivity index (χ0n) is 11.2. The van der Waals surface area contributed by atoms with E-state index in [9.17, 15) is 0 Å². The second-order valence-electron chi connectivity index (χ2n) is 4.43. The number of aromatic nitrogens is 2. The maximum absolute atomic E-state index is 8.80. The van der Waals surface area contributed by atoms with Crippen molar-refractivity contribution < 1.29 is 0 Å². The average Bonchev–Trinajstić information content (AvgIpc) is 2.62. The molecule has 0 bridgehead atoms. The lowest BCUT2D eigenvalue weighted by atomic mass is 10.2. The van der Waals surface area contributed by atoms with Gasteiger partial charge in [0.2, 0.25) is 0 Å². The Morgan fingerprint density at radius 1 is 1.42 bits per heavy atom. The van der Waals surface area contributed by atoms with Crippen molar-refractivity contribution >= 4 is 17.3 Å². The van der Waals surface area contributed by atoms with E-state index in [2.05, 4.69) is 16.5 Å². The Kier molecular flexibility index (Phi) is 3.77. The molecule has 0 radical (unpaired) electrons. The highest BCUT2D eigenvalue weighted by Gasteiger charge is 2.09. The summed E-state index contributed by atoms with van der Waals surface area (Å²) in [6.07, 6.45) is 0. The largest absolute Gasteiger partial charge is 0.380 e. The Labute approximate surface area is 117 Å². The van der Waals surface area contributed by atoms with Crippen LogP contribution in [0.5, 0.6) is 0 Å². The normalized spacial score (nSPS) is 10.3. The molecule has 0 aliphatic rings. The van der Waals surface area contributed by atoms with Crippen molar-refractivity contribution in [3.63, 3.8) is 0 Å². The number of benzene rings is 1. The van der Waals surface area contributed by atoms with Crippen LogP contribution < -0.4 is 5.32 Å². The Bertz CT molecular complexity index is 652. The van der Waals surface area contributed by atoms with Gasteiger partial charge < -0.3 is 5.32 Å². The first kappa shape index (κ1) is 13.4. The first-order chi connectivity index (χ1) is 9.02. The quantitative estimate of drug-likeness (QED) is 0.935. The van der Waals surface area contributed by atoms with E-state index in [0.29, 0.717) is 17.1 Å². The number of anilines is 1. The number of nitrogens with one attached hydrogen (secondary N) is 1. The number of rotatable bonds is 3. The first-order valence-corrected chi connectivity index (χ1v) is 6.33. The number of nitriles is 1. The molecule has 0 saturated heterocycles. The number of hydrogen-bond acceptors (Lipinski definition) is 3. The van der Waals surface area contributed by atoms with Crippen molar-refractivity contribution in [3.8, 4) is 6.07 Å². The van der Waals surface area contributed by atoms with Crippen molar-refractivity contribution in [1.29, 1.82) is 5.26 Å². The van der Waals surface area contributed by atoms with Gasteiger partial charge in [-0.3, -0.25) is 4.68 Å². The summed E-state index contributed by atoms with van der Waals surface area (Å²) in [5.41, 5.74) is 4.70. The van der Waals surface area contributed by atoms with Gasteiger partial charge in [0.15, 0.2) is 0 Å². The maximum atomic E-state index is 8.80. The third kappa shape index (κ3) is 2.72. The molecule has 0 saturated carbocycles. The summed E-state index contributed by atoms with van der Waals surface area (Å²) in [6, 6.07) is 7.29. The summed E-state index contributed by atoms with van der Waals surface area (Å²) >= 11 is 6.12. The molecule has 0 atom stereocenters. The van der Waals surface area contributed by atoms with Gasteiger partial charge in [-0.2, -0.15) is 10.4 Å². The molecule has 1 aromatic heterocycles. The summed E-state index contributed by atoms with van der Waals surface area (Å²) in [6.45, 7) is 4.69. The summed E-state index contributed by atoms with van der Waals surface area (Å²) in [5, 5.41) is 17.0. The lowest BCUT2D eigenvalue weighted by Gasteiger charge is -2.09. The topological polar surface area (TPSA) is 53.6 Å². The minimum atomic E-state index is 0.554. The molecule has 1 aromatic carbocycles. The van der Waals surface area contributed by atoms with Gasteiger partial charge in [-0.15, -0.1) is 0 Å². The standard InChI is InChI=1S/C14H15ClN4/c1-9-12(10(2)19(3)18-9)8-17-14-5-4-11(7-16)6-13(14)15/h4-6,17H,8H2,1-3H3. The van der Waals surface area contributed by atoms with Crippen LogP contribution in [0.1, 0.15) is 22.5 Å². The summed E-state index contributed by atoms with van der Waals surface area (Å²) in [5.74, 6) is 0. The average molecular weight is 275 g/mol. The van der Waals surface area contributed by atoms with Crippen LogP contribution in [-0.4, -0.2) is 9.78 Å².